The van der Waals surface area contributed by atoms with Crippen LogP contribution in [-0.2, 0) is 4.79 Å². The Kier molecular flexibility index (Phi) is 14.4. The SMILES string of the molecule is CCCCCCCCCCCCSCCCC(=O)C1C(C)C=CCC1(C)CC. The van der Waals surface area contributed by atoms with Gasteiger partial charge in [-0.1, -0.05) is 97.6 Å². The normalized spacial score (nSPS) is 24.6. The molecule has 0 fully saturated rings. The molecule has 1 aliphatic carbocycles. The Labute approximate surface area is 180 Å². The number of hydrogen-bond acceptors (Lipinski definition) is 2. The highest BCUT2D eigenvalue weighted by atomic mass is 32.2. The number of ketones is 1. The first kappa shape index (κ1) is 25.8. The Morgan fingerprint density at radius 3 is 2.11 bits per heavy atom. The molecule has 1 aliphatic rings. The van der Waals surface area contributed by atoms with E-state index in [9.17, 15) is 4.79 Å². The van der Waals surface area contributed by atoms with Crippen LogP contribution < -0.4 is 0 Å². The van der Waals surface area contributed by atoms with Gasteiger partial charge in [-0.15, -0.1) is 0 Å². The second-order valence-electron chi connectivity index (χ2n) is 9.34. The van der Waals surface area contributed by atoms with E-state index >= 15 is 0 Å². The van der Waals surface area contributed by atoms with Crippen molar-refractivity contribution in [3.63, 3.8) is 0 Å². The predicted molar refractivity (Wildman–Crippen MR) is 128 cm³/mol. The highest BCUT2D eigenvalue weighted by molar-refractivity contribution is 7.99. The van der Waals surface area contributed by atoms with E-state index in [0.29, 0.717) is 11.7 Å². The molecule has 0 spiro atoms. The van der Waals surface area contributed by atoms with Gasteiger partial charge in [0.25, 0.3) is 0 Å². The average molecular weight is 409 g/mol. The Hall–Kier alpha value is -0.240. The summed E-state index contributed by atoms with van der Waals surface area (Å²) in [5.41, 5.74) is 0.175. The fourth-order valence-electron chi connectivity index (χ4n) is 4.77. The first-order valence-corrected chi connectivity index (χ1v) is 13.5. The second-order valence-corrected chi connectivity index (χ2v) is 10.6. The number of carbonyl (C=O) groups excluding carboxylic acids is 1. The zero-order valence-corrected chi connectivity index (χ0v) is 20.3. The molecule has 0 amide bonds. The maximum atomic E-state index is 12.9. The molecule has 0 aromatic carbocycles. The molecule has 2 heteroatoms. The van der Waals surface area contributed by atoms with Crippen LogP contribution in [0.3, 0.4) is 0 Å². The number of thioether (sulfide) groups is 1. The van der Waals surface area contributed by atoms with Crippen LogP contribution in [0, 0.1) is 17.3 Å². The summed E-state index contributed by atoms with van der Waals surface area (Å²) < 4.78 is 0. The molecule has 1 rings (SSSR count). The van der Waals surface area contributed by atoms with Crippen molar-refractivity contribution in [2.24, 2.45) is 17.3 Å². The molecule has 28 heavy (non-hydrogen) atoms. The Morgan fingerprint density at radius 1 is 0.929 bits per heavy atom. The summed E-state index contributed by atoms with van der Waals surface area (Å²) in [5.74, 6) is 3.59. The first-order valence-electron chi connectivity index (χ1n) is 12.3. The molecule has 0 saturated heterocycles. The molecule has 0 radical (unpaired) electrons. The third-order valence-corrected chi connectivity index (χ3v) is 7.96. The Balaban J connectivity index is 2.00. The molecule has 0 aliphatic heterocycles. The molecule has 0 aromatic heterocycles. The van der Waals surface area contributed by atoms with E-state index in [1.165, 1.54) is 70.0 Å². The lowest BCUT2D eigenvalue weighted by molar-refractivity contribution is -0.128. The molecule has 1 nitrogen and oxygen atoms in total. The van der Waals surface area contributed by atoms with E-state index in [2.05, 4.69) is 51.6 Å². The zero-order valence-electron chi connectivity index (χ0n) is 19.4. The number of unbranched alkanes of at least 4 members (excludes halogenated alkanes) is 9. The van der Waals surface area contributed by atoms with Crippen molar-refractivity contribution in [3.8, 4) is 0 Å². The minimum atomic E-state index is 0.175. The standard InChI is InChI=1S/C26H48OS/c1-5-7-8-9-10-11-12-13-14-15-21-28-22-17-19-24(27)25-23(3)18-16-20-26(25,4)6-2/h16,18,23,25H,5-15,17,19-22H2,1-4H3. The quantitative estimate of drug-likeness (QED) is 0.177. The molecule has 164 valence electrons. The summed E-state index contributed by atoms with van der Waals surface area (Å²) in [5, 5.41) is 0. The molecule has 0 saturated carbocycles. The summed E-state index contributed by atoms with van der Waals surface area (Å²) in [7, 11) is 0. The van der Waals surface area contributed by atoms with Gasteiger partial charge in [0.15, 0.2) is 0 Å². The fourth-order valence-corrected chi connectivity index (χ4v) is 5.73. The Bertz CT molecular complexity index is 430. The van der Waals surface area contributed by atoms with Crippen LogP contribution in [0.25, 0.3) is 0 Å². The van der Waals surface area contributed by atoms with Gasteiger partial charge in [-0.25, -0.2) is 0 Å². The van der Waals surface area contributed by atoms with Gasteiger partial charge in [-0.2, -0.15) is 11.8 Å². The van der Waals surface area contributed by atoms with Gasteiger partial charge in [0.05, 0.1) is 0 Å². The predicted octanol–water partition coefficient (Wildman–Crippen LogP) is 8.62. The van der Waals surface area contributed by atoms with Gasteiger partial charge in [0, 0.05) is 12.3 Å². The van der Waals surface area contributed by atoms with E-state index in [4.69, 9.17) is 0 Å². The van der Waals surface area contributed by atoms with Crippen LogP contribution >= 0.6 is 11.8 Å². The van der Waals surface area contributed by atoms with Crippen LogP contribution in [0.15, 0.2) is 12.2 Å². The van der Waals surface area contributed by atoms with E-state index in [1.807, 2.05) is 0 Å². The second kappa shape index (κ2) is 15.6. The van der Waals surface area contributed by atoms with Crippen molar-refractivity contribution in [1.29, 1.82) is 0 Å². The van der Waals surface area contributed by atoms with Crippen molar-refractivity contribution < 1.29 is 4.79 Å². The van der Waals surface area contributed by atoms with Crippen molar-refractivity contribution >= 4 is 17.5 Å². The number of hydrogen-bond donors (Lipinski definition) is 0. The van der Waals surface area contributed by atoms with Gasteiger partial charge in [-0.3, -0.25) is 4.79 Å². The van der Waals surface area contributed by atoms with Gasteiger partial charge in [-0.05, 0) is 48.5 Å². The van der Waals surface area contributed by atoms with Crippen LogP contribution in [-0.4, -0.2) is 17.3 Å². The summed E-state index contributed by atoms with van der Waals surface area (Å²) in [6, 6.07) is 0. The molecule has 0 N–H and O–H groups in total. The van der Waals surface area contributed by atoms with E-state index < -0.39 is 0 Å². The number of rotatable bonds is 17. The van der Waals surface area contributed by atoms with Crippen LogP contribution in [0.4, 0.5) is 0 Å². The molecular weight excluding hydrogens is 360 g/mol. The number of carbonyl (C=O) groups is 1. The average Bonchev–Trinajstić information content (AvgIpc) is 2.68. The molecule has 3 atom stereocenters. The van der Waals surface area contributed by atoms with E-state index in [-0.39, 0.29) is 11.3 Å². The summed E-state index contributed by atoms with van der Waals surface area (Å²) in [4.78, 5) is 12.9. The molecule has 0 heterocycles. The van der Waals surface area contributed by atoms with Gasteiger partial charge in [0.1, 0.15) is 5.78 Å². The number of allylic oxidation sites excluding steroid dienone is 2. The van der Waals surface area contributed by atoms with Crippen LogP contribution in [0.2, 0.25) is 0 Å². The highest BCUT2D eigenvalue weighted by Crippen LogP contribution is 2.44. The number of Topliss-reactive ketones (excluding diaryl/α,β-unsaturated/α-hetero) is 1. The topological polar surface area (TPSA) is 17.1 Å². The smallest absolute Gasteiger partial charge is 0.137 e. The van der Waals surface area contributed by atoms with Gasteiger partial charge < -0.3 is 0 Å². The molecule has 3 unspecified atom stereocenters. The lowest BCUT2D eigenvalue weighted by Gasteiger charge is -2.41. The fraction of sp³-hybridized carbons (Fsp3) is 0.885. The monoisotopic (exact) mass is 408 g/mol. The van der Waals surface area contributed by atoms with Gasteiger partial charge in [0.2, 0.25) is 0 Å². The zero-order chi connectivity index (χ0) is 20.7. The van der Waals surface area contributed by atoms with Crippen LogP contribution in [0.5, 0.6) is 0 Å². The van der Waals surface area contributed by atoms with Crippen molar-refractivity contribution in [3.05, 3.63) is 12.2 Å². The van der Waals surface area contributed by atoms with Gasteiger partial charge >= 0.3 is 0 Å². The van der Waals surface area contributed by atoms with E-state index in [0.717, 1.165) is 31.4 Å². The maximum Gasteiger partial charge on any atom is 0.137 e. The maximum absolute atomic E-state index is 12.9. The summed E-state index contributed by atoms with van der Waals surface area (Å²) in [6.45, 7) is 9.07. The van der Waals surface area contributed by atoms with E-state index in [1.54, 1.807) is 0 Å². The molecule has 0 bridgehead atoms. The first-order chi connectivity index (χ1) is 13.5. The van der Waals surface area contributed by atoms with Crippen molar-refractivity contribution in [1.82, 2.24) is 0 Å². The molecular formula is C26H48OS. The molecule has 0 aromatic rings. The minimum absolute atomic E-state index is 0.175. The van der Waals surface area contributed by atoms with Crippen molar-refractivity contribution in [2.45, 2.75) is 118 Å². The third kappa shape index (κ3) is 9.99. The summed E-state index contributed by atoms with van der Waals surface area (Å²) in [6.07, 6.45) is 22.7. The summed E-state index contributed by atoms with van der Waals surface area (Å²) >= 11 is 2.06. The lowest BCUT2D eigenvalue weighted by Crippen LogP contribution is -2.39. The van der Waals surface area contributed by atoms with Crippen molar-refractivity contribution in [2.75, 3.05) is 11.5 Å². The largest absolute Gasteiger partial charge is 0.299 e. The lowest BCUT2D eigenvalue weighted by atomic mass is 9.62. The minimum Gasteiger partial charge on any atom is -0.299 e. The third-order valence-electron chi connectivity index (χ3n) is 6.81. The highest BCUT2D eigenvalue weighted by Gasteiger charge is 2.40. The Morgan fingerprint density at radius 2 is 1.50 bits per heavy atom. The van der Waals surface area contributed by atoms with Crippen LogP contribution in [0.1, 0.15) is 118 Å².